The number of fused-ring (bicyclic) bond motifs is 1. The molecule has 2 aromatic rings. The molecular formula is C18H20BrN3O. The highest BCUT2D eigenvalue weighted by Gasteiger charge is 2.20. The Kier molecular flexibility index (Phi) is 5.08. The van der Waals surface area contributed by atoms with E-state index in [0.29, 0.717) is 18.2 Å². The monoisotopic (exact) mass is 373 g/mol. The fraction of sp³-hybridized carbons (Fsp3) is 0.333. The predicted molar refractivity (Wildman–Crippen MR) is 94.3 cm³/mol. The zero-order chi connectivity index (χ0) is 16.2. The van der Waals surface area contributed by atoms with Crippen LogP contribution in [0.2, 0.25) is 0 Å². The van der Waals surface area contributed by atoms with E-state index in [1.165, 1.54) is 11.1 Å². The second-order valence-electron chi connectivity index (χ2n) is 5.94. The Morgan fingerprint density at radius 1 is 1.35 bits per heavy atom. The number of amides is 1. The molecule has 0 radical (unpaired) electrons. The molecule has 1 N–H and O–H groups in total. The van der Waals surface area contributed by atoms with Gasteiger partial charge in [0.2, 0.25) is 0 Å². The van der Waals surface area contributed by atoms with Crippen LogP contribution in [0, 0.1) is 0 Å². The summed E-state index contributed by atoms with van der Waals surface area (Å²) < 4.78 is 0.811. The van der Waals surface area contributed by atoms with Gasteiger partial charge in [-0.3, -0.25) is 14.7 Å². The van der Waals surface area contributed by atoms with Crippen LogP contribution in [0.1, 0.15) is 28.4 Å². The van der Waals surface area contributed by atoms with Gasteiger partial charge in [0.05, 0.1) is 5.56 Å². The Morgan fingerprint density at radius 2 is 2.13 bits per heavy atom. The molecule has 1 aromatic carbocycles. The van der Waals surface area contributed by atoms with Crippen LogP contribution < -0.4 is 5.32 Å². The average molecular weight is 374 g/mol. The highest BCUT2D eigenvalue weighted by molar-refractivity contribution is 9.10. The molecule has 5 heteroatoms. The van der Waals surface area contributed by atoms with Crippen molar-refractivity contribution >= 4 is 21.8 Å². The molecule has 120 valence electrons. The van der Waals surface area contributed by atoms with Gasteiger partial charge in [0.1, 0.15) is 0 Å². The zero-order valence-electron chi connectivity index (χ0n) is 13.1. The van der Waals surface area contributed by atoms with Crippen LogP contribution in [0.4, 0.5) is 0 Å². The molecule has 3 rings (SSSR count). The molecule has 1 atom stereocenters. The lowest BCUT2D eigenvalue weighted by atomic mass is 9.99. The van der Waals surface area contributed by atoms with Gasteiger partial charge in [-0.2, -0.15) is 0 Å². The van der Waals surface area contributed by atoms with Crippen molar-refractivity contribution in [2.24, 2.45) is 0 Å². The Labute approximate surface area is 145 Å². The normalized spacial score (nSPS) is 15.7. The van der Waals surface area contributed by atoms with E-state index in [-0.39, 0.29) is 5.91 Å². The zero-order valence-corrected chi connectivity index (χ0v) is 14.7. The topological polar surface area (TPSA) is 45.2 Å². The number of pyridine rings is 1. The molecule has 1 aliphatic rings. The first kappa shape index (κ1) is 16.1. The number of carbonyl (C=O) groups excluding carboxylic acids is 1. The summed E-state index contributed by atoms with van der Waals surface area (Å²) >= 11 is 3.34. The largest absolute Gasteiger partial charge is 0.350 e. The summed E-state index contributed by atoms with van der Waals surface area (Å²) in [6.07, 6.45) is 4.33. The van der Waals surface area contributed by atoms with E-state index in [1.807, 2.05) is 0 Å². The van der Waals surface area contributed by atoms with Gasteiger partial charge in [-0.1, -0.05) is 24.3 Å². The summed E-state index contributed by atoms with van der Waals surface area (Å²) in [5, 5.41) is 3.01. The van der Waals surface area contributed by atoms with E-state index >= 15 is 0 Å². The quantitative estimate of drug-likeness (QED) is 0.895. The van der Waals surface area contributed by atoms with Crippen LogP contribution in [-0.2, 0) is 13.0 Å². The minimum Gasteiger partial charge on any atom is -0.350 e. The maximum absolute atomic E-state index is 12.2. The van der Waals surface area contributed by atoms with Crippen molar-refractivity contribution in [3.63, 3.8) is 0 Å². The molecule has 0 bridgehead atoms. The predicted octanol–water partition coefficient (Wildman–Crippen LogP) is 3.02. The Morgan fingerprint density at radius 3 is 2.91 bits per heavy atom. The number of hydrogen-bond donors (Lipinski definition) is 1. The lowest BCUT2D eigenvalue weighted by Crippen LogP contribution is -2.44. The molecule has 1 aliphatic heterocycles. The molecular weight excluding hydrogens is 354 g/mol. The van der Waals surface area contributed by atoms with Crippen LogP contribution in [0.25, 0.3) is 0 Å². The maximum atomic E-state index is 12.2. The van der Waals surface area contributed by atoms with Crippen LogP contribution >= 0.6 is 15.9 Å². The molecule has 0 saturated carbocycles. The molecule has 0 aliphatic carbocycles. The van der Waals surface area contributed by atoms with Crippen molar-refractivity contribution in [3.05, 3.63) is 63.9 Å². The third-order valence-corrected chi connectivity index (χ3v) is 4.74. The van der Waals surface area contributed by atoms with Crippen molar-refractivity contribution in [1.29, 1.82) is 0 Å². The molecule has 1 unspecified atom stereocenters. The number of nitrogens with one attached hydrogen (secondary N) is 1. The summed E-state index contributed by atoms with van der Waals surface area (Å²) in [7, 11) is 0. The second kappa shape index (κ2) is 7.23. The smallest absolute Gasteiger partial charge is 0.252 e. The summed E-state index contributed by atoms with van der Waals surface area (Å²) in [6, 6.07) is 10.7. The highest BCUT2D eigenvalue weighted by atomic mass is 79.9. The van der Waals surface area contributed by atoms with Crippen molar-refractivity contribution < 1.29 is 4.79 Å². The van der Waals surface area contributed by atoms with E-state index in [4.69, 9.17) is 0 Å². The fourth-order valence-electron chi connectivity index (χ4n) is 2.90. The van der Waals surface area contributed by atoms with E-state index in [9.17, 15) is 4.79 Å². The van der Waals surface area contributed by atoms with Gasteiger partial charge in [-0.15, -0.1) is 0 Å². The first-order chi connectivity index (χ1) is 11.1. The SMILES string of the molecule is CC(CNC(=O)c1cncc(Br)c1)N1CCc2ccccc2C1. The molecule has 0 saturated heterocycles. The number of carbonyl (C=O) groups is 1. The lowest BCUT2D eigenvalue weighted by molar-refractivity contribution is 0.0932. The Hall–Kier alpha value is -1.72. The maximum Gasteiger partial charge on any atom is 0.252 e. The van der Waals surface area contributed by atoms with Gasteiger partial charge in [-0.25, -0.2) is 0 Å². The molecule has 2 heterocycles. The summed E-state index contributed by atoms with van der Waals surface area (Å²) in [5.74, 6) is -0.0805. The van der Waals surface area contributed by atoms with Gasteiger partial charge >= 0.3 is 0 Å². The first-order valence-corrected chi connectivity index (χ1v) is 8.62. The molecule has 1 aromatic heterocycles. The fourth-order valence-corrected chi connectivity index (χ4v) is 3.27. The third-order valence-electron chi connectivity index (χ3n) is 4.31. The summed E-state index contributed by atoms with van der Waals surface area (Å²) in [6.45, 7) is 4.78. The van der Waals surface area contributed by atoms with Gasteiger partial charge in [0.15, 0.2) is 0 Å². The number of benzene rings is 1. The number of hydrogen-bond acceptors (Lipinski definition) is 3. The third kappa shape index (κ3) is 3.98. The number of rotatable bonds is 4. The van der Waals surface area contributed by atoms with Crippen molar-refractivity contribution in [3.8, 4) is 0 Å². The van der Waals surface area contributed by atoms with Crippen LogP contribution in [0.15, 0.2) is 47.2 Å². The van der Waals surface area contributed by atoms with E-state index < -0.39 is 0 Å². The average Bonchev–Trinajstić information content (AvgIpc) is 2.59. The molecule has 0 fully saturated rings. The van der Waals surface area contributed by atoms with Gasteiger partial charge in [0, 0.05) is 42.5 Å². The van der Waals surface area contributed by atoms with Crippen LogP contribution in [-0.4, -0.2) is 34.9 Å². The van der Waals surface area contributed by atoms with Gasteiger partial charge in [0.25, 0.3) is 5.91 Å². The highest BCUT2D eigenvalue weighted by Crippen LogP contribution is 2.20. The molecule has 4 nitrogen and oxygen atoms in total. The minimum absolute atomic E-state index is 0.0805. The first-order valence-electron chi connectivity index (χ1n) is 7.83. The standard InChI is InChI=1S/C18H20BrN3O/c1-13(9-21-18(23)16-8-17(19)11-20-10-16)22-7-6-14-4-2-3-5-15(14)12-22/h2-5,8,10-11,13H,6-7,9,12H2,1H3,(H,21,23). The Bertz CT molecular complexity index is 704. The molecule has 0 spiro atoms. The van der Waals surface area contributed by atoms with Gasteiger partial charge in [-0.05, 0) is 46.5 Å². The van der Waals surface area contributed by atoms with Crippen LogP contribution in [0.3, 0.4) is 0 Å². The lowest BCUT2D eigenvalue weighted by Gasteiger charge is -2.33. The number of aromatic nitrogens is 1. The minimum atomic E-state index is -0.0805. The van der Waals surface area contributed by atoms with E-state index in [0.717, 1.165) is 24.0 Å². The van der Waals surface area contributed by atoms with Crippen molar-refractivity contribution in [2.75, 3.05) is 13.1 Å². The molecule has 23 heavy (non-hydrogen) atoms. The second-order valence-corrected chi connectivity index (χ2v) is 6.86. The van der Waals surface area contributed by atoms with Gasteiger partial charge < -0.3 is 5.32 Å². The van der Waals surface area contributed by atoms with E-state index in [2.05, 4.69) is 62.3 Å². The van der Waals surface area contributed by atoms with E-state index in [1.54, 1.807) is 18.5 Å². The van der Waals surface area contributed by atoms with Crippen molar-refractivity contribution in [2.45, 2.75) is 25.9 Å². The Balaban J connectivity index is 1.56. The number of halogens is 1. The summed E-state index contributed by atoms with van der Waals surface area (Å²) in [4.78, 5) is 18.6. The molecule has 1 amide bonds. The summed E-state index contributed by atoms with van der Waals surface area (Å²) in [5.41, 5.74) is 3.42. The van der Waals surface area contributed by atoms with Crippen molar-refractivity contribution in [1.82, 2.24) is 15.2 Å². The number of nitrogens with zero attached hydrogens (tertiary/aromatic N) is 2. The van der Waals surface area contributed by atoms with Crippen LogP contribution in [0.5, 0.6) is 0 Å².